The Morgan fingerprint density at radius 3 is 2.13 bits per heavy atom. The number of benzene rings is 2. The van der Waals surface area contributed by atoms with E-state index in [0.29, 0.717) is 5.56 Å². The Bertz CT molecular complexity index is 929. The molecule has 2 aromatic rings. The van der Waals surface area contributed by atoms with E-state index in [-0.39, 0.29) is 11.1 Å². The Morgan fingerprint density at radius 1 is 0.968 bits per heavy atom. The normalized spacial score (nSPS) is 26.5. The molecule has 11 heteroatoms. The van der Waals surface area contributed by atoms with Crippen molar-refractivity contribution in [3.05, 3.63) is 53.6 Å². The fraction of sp³-hybridized carbons (Fsp3) is 0.350. The van der Waals surface area contributed by atoms with Gasteiger partial charge in [-0.1, -0.05) is 18.2 Å². The second kappa shape index (κ2) is 8.81. The summed E-state index contributed by atoms with van der Waals surface area (Å²) in [5.41, 5.74) is -0.771. The van der Waals surface area contributed by atoms with Crippen molar-refractivity contribution in [3.63, 3.8) is 0 Å². The van der Waals surface area contributed by atoms with E-state index in [0.717, 1.165) is 12.1 Å². The van der Waals surface area contributed by atoms with Crippen molar-refractivity contribution in [2.45, 2.75) is 36.9 Å². The third-order valence-corrected chi connectivity index (χ3v) is 4.84. The van der Waals surface area contributed by atoms with Crippen LogP contribution in [0.4, 0.5) is 13.2 Å². The van der Waals surface area contributed by atoms with Gasteiger partial charge in [-0.15, -0.1) is 0 Å². The molecule has 5 atom stereocenters. The summed E-state index contributed by atoms with van der Waals surface area (Å²) in [6.45, 7) is -0.762. The van der Waals surface area contributed by atoms with Gasteiger partial charge in [0.1, 0.15) is 30.2 Å². The van der Waals surface area contributed by atoms with E-state index in [1.54, 1.807) is 0 Å². The number of ether oxygens (including phenoxy) is 2. The van der Waals surface area contributed by atoms with Gasteiger partial charge >= 0.3 is 12.1 Å². The molecule has 0 bridgehead atoms. The number of halogens is 3. The van der Waals surface area contributed by atoms with E-state index in [2.05, 4.69) is 0 Å². The van der Waals surface area contributed by atoms with Crippen LogP contribution in [-0.4, -0.2) is 68.8 Å². The zero-order valence-corrected chi connectivity index (χ0v) is 15.7. The first-order chi connectivity index (χ1) is 14.5. The molecule has 1 heterocycles. The highest BCUT2D eigenvalue weighted by atomic mass is 19.4. The first kappa shape index (κ1) is 23.0. The lowest BCUT2D eigenvalue weighted by Gasteiger charge is -2.39. The molecule has 1 aliphatic rings. The monoisotopic (exact) mass is 444 g/mol. The maximum atomic E-state index is 13.7. The second-order valence-corrected chi connectivity index (χ2v) is 6.91. The van der Waals surface area contributed by atoms with E-state index >= 15 is 0 Å². The highest BCUT2D eigenvalue weighted by Crippen LogP contribution is 2.40. The summed E-state index contributed by atoms with van der Waals surface area (Å²) in [4.78, 5) is 10.9. The van der Waals surface area contributed by atoms with Gasteiger partial charge in [-0.25, -0.2) is 4.79 Å². The highest BCUT2D eigenvalue weighted by molar-refractivity contribution is 5.88. The first-order valence-electron chi connectivity index (χ1n) is 9.05. The van der Waals surface area contributed by atoms with Crippen LogP contribution in [0.3, 0.4) is 0 Å². The van der Waals surface area contributed by atoms with Gasteiger partial charge in [-0.2, -0.15) is 13.2 Å². The fourth-order valence-electron chi connectivity index (χ4n) is 3.13. The van der Waals surface area contributed by atoms with Crippen LogP contribution in [0.1, 0.15) is 15.9 Å². The van der Waals surface area contributed by atoms with E-state index in [1.807, 2.05) is 0 Å². The van der Waals surface area contributed by atoms with Crippen LogP contribution in [-0.2, 0) is 10.9 Å². The molecule has 2 aromatic carbocycles. The number of hydrogen-bond acceptors (Lipinski definition) is 7. The van der Waals surface area contributed by atoms with Crippen molar-refractivity contribution < 1.29 is 53.0 Å². The Labute approximate surface area is 173 Å². The van der Waals surface area contributed by atoms with Gasteiger partial charge < -0.3 is 35.0 Å². The third-order valence-electron chi connectivity index (χ3n) is 4.84. The van der Waals surface area contributed by atoms with Crippen LogP contribution in [0.5, 0.6) is 5.75 Å². The van der Waals surface area contributed by atoms with Crippen molar-refractivity contribution in [2.24, 2.45) is 0 Å². The molecule has 0 amide bonds. The first-order valence-corrected chi connectivity index (χ1v) is 9.05. The van der Waals surface area contributed by atoms with Crippen molar-refractivity contribution in [2.75, 3.05) is 6.61 Å². The molecule has 8 nitrogen and oxygen atoms in total. The summed E-state index contributed by atoms with van der Waals surface area (Å²) in [5.74, 6) is -1.88. The zero-order valence-electron chi connectivity index (χ0n) is 15.7. The van der Waals surface area contributed by atoms with Crippen molar-refractivity contribution >= 4 is 5.97 Å². The van der Waals surface area contributed by atoms with Crippen LogP contribution >= 0.6 is 0 Å². The van der Waals surface area contributed by atoms with Crippen molar-refractivity contribution in [1.29, 1.82) is 0 Å². The molecule has 0 radical (unpaired) electrons. The number of rotatable bonds is 5. The summed E-state index contributed by atoms with van der Waals surface area (Å²) in [6, 6.07) is 8.30. The van der Waals surface area contributed by atoms with Crippen LogP contribution in [0.15, 0.2) is 42.5 Å². The lowest BCUT2D eigenvalue weighted by atomic mass is 9.99. The lowest BCUT2D eigenvalue weighted by molar-refractivity contribution is -0.278. The Hall–Kier alpha value is -2.70. The summed E-state index contributed by atoms with van der Waals surface area (Å²) < 4.78 is 51.2. The molecule has 0 saturated carbocycles. The number of alkyl halides is 3. The summed E-state index contributed by atoms with van der Waals surface area (Å²) >= 11 is 0. The van der Waals surface area contributed by atoms with Crippen LogP contribution < -0.4 is 4.74 Å². The minimum Gasteiger partial charge on any atom is -0.478 e. The largest absolute Gasteiger partial charge is 0.478 e. The van der Waals surface area contributed by atoms with E-state index in [1.165, 1.54) is 30.3 Å². The minimum absolute atomic E-state index is 0.0256. The maximum Gasteiger partial charge on any atom is 0.419 e. The summed E-state index contributed by atoms with van der Waals surface area (Å²) in [5, 5.41) is 47.7. The van der Waals surface area contributed by atoms with E-state index in [9.17, 15) is 38.4 Å². The maximum absolute atomic E-state index is 13.7. The average Bonchev–Trinajstić information content (AvgIpc) is 2.73. The van der Waals surface area contributed by atoms with Crippen LogP contribution in [0.2, 0.25) is 0 Å². The molecule has 1 saturated heterocycles. The Balaban J connectivity index is 1.93. The number of carboxylic acids is 1. The van der Waals surface area contributed by atoms with Gasteiger partial charge in [-0.05, 0) is 35.4 Å². The SMILES string of the molecule is O=C(O)c1ccc(-c2ccc(O[C@H]3O[C@H](CO)[C@@H](O)[C@H](O)[C@@H]3O)c(C(F)(F)F)c2)cc1. The predicted molar refractivity (Wildman–Crippen MR) is 98.2 cm³/mol. The molecule has 0 spiro atoms. The van der Waals surface area contributed by atoms with Crippen molar-refractivity contribution in [3.8, 4) is 16.9 Å². The van der Waals surface area contributed by atoms with E-state index < -0.39 is 60.8 Å². The third kappa shape index (κ3) is 4.81. The Morgan fingerprint density at radius 2 is 1.58 bits per heavy atom. The molecule has 5 N–H and O–H groups in total. The van der Waals surface area contributed by atoms with Gasteiger partial charge in [0.25, 0.3) is 0 Å². The van der Waals surface area contributed by atoms with Crippen molar-refractivity contribution in [1.82, 2.24) is 0 Å². The molecule has 0 aromatic heterocycles. The molecule has 0 unspecified atom stereocenters. The number of carbonyl (C=O) groups is 1. The predicted octanol–water partition coefficient (Wildman–Crippen LogP) is 1.25. The average molecular weight is 444 g/mol. The molecule has 0 aliphatic carbocycles. The lowest BCUT2D eigenvalue weighted by Crippen LogP contribution is -2.60. The number of aromatic carboxylic acids is 1. The standard InChI is InChI=1S/C20H19F3O8/c21-20(22,23)12-7-11(9-1-3-10(4-2-9)18(28)29)5-6-13(12)30-19-17(27)16(26)15(25)14(8-24)31-19/h1-7,14-17,19,24-27H,8H2,(H,28,29)/t14-,15-,16+,17+,19+/m1/s1. The van der Waals surface area contributed by atoms with Gasteiger partial charge in [0.2, 0.25) is 6.29 Å². The highest BCUT2D eigenvalue weighted by Gasteiger charge is 2.45. The van der Waals surface area contributed by atoms with Crippen LogP contribution in [0, 0.1) is 0 Å². The number of hydrogen-bond donors (Lipinski definition) is 5. The van der Waals surface area contributed by atoms with E-state index in [4.69, 9.17) is 14.6 Å². The molecule has 31 heavy (non-hydrogen) atoms. The van der Waals surface area contributed by atoms with Gasteiger partial charge in [0.05, 0.1) is 17.7 Å². The zero-order chi connectivity index (χ0) is 22.9. The number of aliphatic hydroxyl groups is 4. The van der Waals surface area contributed by atoms with Crippen LogP contribution in [0.25, 0.3) is 11.1 Å². The minimum atomic E-state index is -4.86. The fourth-order valence-corrected chi connectivity index (χ4v) is 3.13. The quantitative estimate of drug-likeness (QED) is 0.465. The molecular formula is C20H19F3O8. The number of aliphatic hydroxyl groups excluding tert-OH is 4. The molecule has 1 fully saturated rings. The molecular weight excluding hydrogens is 425 g/mol. The van der Waals surface area contributed by atoms with Gasteiger partial charge in [-0.3, -0.25) is 0 Å². The molecule has 3 rings (SSSR count). The van der Waals surface area contributed by atoms with Gasteiger partial charge in [0, 0.05) is 0 Å². The summed E-state index contributed by atoms with van der Waals surface area (Å²) in [6.07, 6.45) is -13.3. The smallest absolute Gasteiger partial charge is 0.419 e. The molecule has 168 valence electrons. The summed E-state index contributed by atoms with van der Waals surface area (Å²) in [7, 11) is 0. The number of carboxylic acid groups (broad SMARTS) is 1. The second-order valence-electron chi connectivity index (χ2n) is 6.91. The Kier molecular flexibility index (Phi) is 6.53. The topological polar surface area (TPSA) is 137 Å². The molecule has 1 aliphatic heterocycles. The van der Waals surface area contributed by atoms with Gasteiger partial charge in [0.15, 0.2) is 0 Å².